The monoisotopic (exact) mass is 540 g/mol. The number of aryl methyl sites for hydroxylation is 1. The molecule has 0 radical (unpaired) electrons. The van der Waals surface area contributed by atoms with E-state index in [0.29, 0.717) is 26.1 Å². The van der Waals surface area contributed by atoms with Crippen LogP contribution in [-0.2, 0) is 17.8 Å². The molecule has 0 aliphatic carbocycles. The van der Waals surface area contributed by atoms with Crippen molar-refractivity contribution in [3.05, 3.63) is 95.2 Å². The lowest BCUT2D eigenvalue weighted by atomic mass is 10.1. The van der Waals surface area contributed by atoms with Gasteiger partial charge in [-0.05, 0) is 73.2 Å². The summed E-state index contributed by atoms with van der Waals surface area (Å²) < 4.78 is 5.30. The van der Waals surface area contributed by atoms with Gasteiger partial charge < -0.3 is 24.8 Å². The Bertz CT molecular complexity index is 1430. The summed E-state index contributed by atoms with van der Waals surface area (Å²) in [7, 11) is 1.64. The summed E-state index contributed by atoms with van der Waals surface area (Å²) >= 11 is 0. The van der Waals surface area contributed by atoms with Crippen molar-refractivity contribution in [1.82, 2.24) is 14.8 Å². The molecule has 0 saturated heterocycles. The number of ether oxygens (including phenoxy) is 1. The standard InChI is InChI=1S/C33H40N4O3/c1-5-6-19-37(33(39)35-30-13-9-10-24(2)25(30)3)23-32(38)36(22-26-14-16-28(40-4)17-15-26)20-18-27-21-34-31-12-8-7-11-29(27)31/h7-17,21,34H,5-6,18-20,22-23H2,1-4H3,(H,35,39). The Hall–Kier alpha value is -4.26. The van der Waals surface area contributed by atoms with E-state index in [2.05, 4.69) is 29.4 Å². The number of rotatable bonds is 12. The summed E-state index contributed by atoms with van der Waals surface area (Å²) in [6.07, 6.45) is 4.47. The van der Waals surface area contributed by atoms with E-state index in [1.807, 2.05) is 79.5 Å². The Morgan fingerprint density at radius 1 is 0.925 bits per heavy atom. The molecule has 4 rings (SSSR count). The number of hydrogen-bond acceptors (Lipinski definition) is 3. The molecule has 0 bridgehead atoms. The van der Waals surface area contributed by atoms with E-state index in [-0.39, 0.29) is 18.5 Å². The summed E-state index contributed by atoms with van der Waals surface area (Å²) in [5, 5.41) is 4.20. The van der Waals surface area contributed by atoms with Crippen LogP contribution in [0.2, 0.25) is 0 Å². The van der Waals surface area contributed by atoms with E-state index in [1.54, 1.807) is 12.0 Å². The number of methoxy groups -OCH3 is 1. The molecular formula is C33H40N4O3. The molecule has 3 aromatic carbocycles. The number of nitrogens with zero attached hydrogens (tertiary/aromatic N) is 2. The first-order valence-electron chi connectivity index (χ1n) is 14.0. The highest BCUT2D eigenvalue weighted by atomic mass is 16.5. The minimum absolute atomic E-state index is 0.0146. The third kappa shape index (κ3) is 7.23. The number of benzene rings is 3. The van der Waals surface area contributed by atoms with Gasteiger partial charge in [0.2, 0.25) is 5.91 Å². The number of anilines is 1. The number of para-hydroxylation sites is 1. The van der Waals surface area contributed by atoms with E-state index in [4.69, 9.17) is 4.74 Å². The van der Waals surface area contributed by atoms with E-state index in [9.17, 15) is 9.59 Å². The molecule has 40 heavy (non-hydrogen) atoms. The highest BCUT2D eigenvalue weighted by molar-refractivity contribution is 5.93. The van der Waals surface area contributed by atoms with Crippen LogP contribution in [0, 0.1) is 13.8 Å². The van der Waals surface area contributed by atoms with Crippen LogP contribution in [0.1, 0.15) is 42.0 Å². The second-order valence-corrected chi connectivity index (χ2v) is 10.2. The number of nitrogens with one attached hydrogen (secondary N) is 2. The Labute approximate surface area is 237 Å². The second-order valence-electron chi connectivity index (χ2n) is 10.2. The number of amides is 3. The van der Waals surface area contributed by atoms with E-state index < -0.39 is 0 Å². The van der Waals surface area contributed by atoms with Crippen molar-refractivity contribution in [1.29, 1.82) is 0 Å². The van der Waals surface area contributed by atoms with Gasteiger partial charge in [0.25, 0.3) is 0 Å². The fraction of sp³-hybridized carbons (Fsp3) is 0.333. The van der Waals surface area contributed by atoms with Crippen molar-refractivity contribution in [2.45, 2.75) is 46.6 Å². The van der Waals surface area contributed by atoms with Gasteiger partial charge in [-0.3, -0.25) is 4.79 Å². The first-order chi connectivity index (χ1) is 19.4. The summed E-state index contributed by atoms with van der Waals surface area (Å²) in [6.45, 7) is 7.61. The number of unbranched alkanes of at least 4 members (excludes halogenated alkanes) is 1. The van der Waals surface area contributed by atoms with Gasteiger partial charge in [-0.25, -0.2) is 4.79 Å². The lowest BCUT2D eigenvalue weighted by Crippen LogP contribution is -2.45. The van der Waals surface area contributed by atoms with Gasteiger partial charge in [-0.15, -0.1) is 0 Å². The molecule has 2 N–H and O–H groups in total. The summed E-state index contributed by atoms with van der Waals surface area (Å²) in [5.74, 6) is 0.692. The minimum atomic E-state index is -0.253. The molecule has 0 saturated carbocycles. The molecule has 1 heterocycles. The molecule has 0 spiro atoms. The maximum absolute atomic E-state index is 13.8. The largest absolute Gasteiger partial charge is 0.497 e. The average Bonchev–Trinajstić information content (AvgIpc) is 3.39. The number of urea groups is 1. The number of carbonyl (C=O) groups excluding carboxylic acids is 2. The van der Waals surface area contributed by atoms with Crippen LogP contribution in [0.4, 0.5) is 10.5 Å². The van der Waals surface area contributed by atoms with Crippen molar-refractivity contribution in [2.75, 3.05) is 32.1 Å². The van der Waals surface area contributed by atoms with Gasteiger partial charge in [0.15, 0.2) is 0 Å². The number of fused-ring (bicyclic) bond motifs is 1. The highest BCUT2D eigenvalue weighted by Gasteiger charge is 2.22. The maximum Gasteiger partial charge on any atom is 0.322 e. The topological polar surface area (TPSA) is 77.7 Å². The Kier molecular flexibility index (Phi) is 9.84. The number of aromatic nitrogens is 1. The van der Waals surface area contributed by atoms with Crippen molar-refractivity contribution < 1.29 is 14.3 Å². The predicted molar refractivity (Wildman–Crippen MR) is 162 cm³/mol. The second kappa shape index (κ2) is 13.7. The average molecular weight is 541 g/mol. The summed E-state index contributed by atoms with van der Waals surface area (Å²) in [6, 6.07) is 21.6. The smallest absolute Gasteiger partial charge is 0.322 e. The molecule has 7 nitrogen and oxygen atoms in total. The van der Waals surface area contributed by atoms with Crippen molar-refractivity contribution >= 4 is 28.5 Å². The third-order valence-corrected chi connectivity index (χ3v) is 7.45. The molecule has 0 atom stereocenters. The van der Waals surface area contributed by atoms with Gasteiger partial charge in [0, 0.05) is 42.4 Å². The fourth-order valence-electron chi connectivity index (χ4n) is 4.78. The van der Waals surface area contributed by atoms with E-state index in [1.165, 1.54) is 5.56 Å². The number of aromatic amines is 1. The predicted octanol–water partition coefficient (Wildman–Crippen LogP) is 6.70. The first-order valence-corrected chi connectivity index (χ1v) is 14.0. The number of H-pyrrole nitrogens is 1. The van der Waals surface area contributed by atoms with Crippen molar-refractivity contribution in [2.24, 2.45) is 0 Å². The number of carbonyl (C=O) groups is 2. The van der Waals surface area contributed by atoms with Crippen LogP contribution in [0.5, 0.6) is 5.75 Å². The normalized spacial score (nSPS) is 10.9. The lowest BCUT2D eigenvalue weighted by molar-refractivity contribution is -0.132. The van der Waals surface area contributed by atoms with Crippen LogP contribution >= 0.6 is 0 Å². The zero-order valence-corrected chi connectivity index (χ0v) is 24.0. The quantitative estimate of drug-likeness (QED) is 0.210. The molecular weight excluding hydrogens is 500 g/mol. The Morgan fingerprint density at radius 2 is 1.70 bits per heavy atom. The Balaban J connectivity index is 1.52. The Morgan fingerprint density at radius 3 is 2.45 bits per heavy atom. The van der Waals surface area contributed by atoms with Crippen LogP contribution in [0.3, 0.4) is 0 Å². The molecule has 7 heteroatoms. The van der Waals surface area contributed by atoms with E-state index in [0.717, 1.165) is 51.9 Å². The SMILES string of the molecule is CCCCN(CC(=O)N(CCc1c[nH]c2ccccc12)Cc1ccc(OC)cc1)C(=O)Nc1cccc(C)c1C. The van der Waals surface area contributed by atoms with Gasteiger partial charge in [-0.2, -0.15) is 0 Å². The minimum Gasteiger partial charge on any atom is -0.497 e. The number of hydrogen-bond donors (Lipinski definition) is 2. The van der Waals surface area contributed by atoms with E-state index >= 15 is 0 Å². The summed E-state index contributed by atoms with van der Waals surface area (Å²) in [4.78, 5) is 34.0. The van der Waals surface area contributed by atoms with Crippen molar-refractivity contribution in [3.8, 4) is 5.75 Å². The first kappa shape index (κ1) is 28.7. The van der Waals surface area contributed by atoms with Crippen LogP contribution in [-0.4, -0.2) is 53.5 Å². The molecule has 1 aromatic heterocycles. The fourth-order valence-corrected chi connectivity index (χ4v) is 4.78. The molecule has 0 unspecified atom stereocenters. The maximum atomic E-state index is 13.8. The zero-order chi connectivity index (χ0) is 28.5. The van der Waals surface area contributed by atoms with Crippen LogP contribution in [0.25, 0.3) is 10.9 Å². The summed E-state index contributed by atoms with van der Waals surface area (Å²) in [5.41, 5.74) is 6.16. The van der Waals surface area contributed by atoms with Crippen LogP contribution < -0.4 is 10.1 Å². The molecule has 3 amide bonds. The highest BCUT2D eigenvalue weighted by Crippen LogP contribution is 2.21. The molecule has 0 aliphatic heterocycles. The zero-order valence-electron chi connectivity index (χ0n) is 24.0. The molecule has 210 valence electrons. The molecule has 4 aromatic rings. The van der Waals surface area contributed by atoms with Gasteiger partial charge in [0.05, 0.1) is 7.11 Å². The van der Waals surface area contributed by atoms with Gasteiger partial charge in [0.1, 0.15) is 12.3 Å². The third-order valence-electron chi connectivity index (χ3n) is 7.45. The van der Waals surface area contributed by atoms with Gasteiger partial charge in [-0.1, -0.05) is 55.8 Å². The van der Waals surface area contributed by atoms with Crippen LogP contribution in [0.15, 0.2) is 72.9 Å². The van der Waals surface area contributed by atoms with Gasteiger partial charge >= 0.3 is 6.03 Å². The lowest BCUT2D eigenvalue weighted by Gasteiger charge is -2.28. The molecule has 0 fully saturated rings. The van der Waals surface area contributed by atoms with Crippen molar-refractivity contribution in [3.63, 3.8) is 0 Å². The molecule has 0 aliphatic rings.